The molecule has 1 aliphatic heterocycles. The van der Waals surface area contributed by atoms with Crippen LogP contribution in [-0.2, 0) is 0 Å². The molecule has 0 spiro atoms. The van der Waals surface area contributed by atoms with Gasteiger partial charge in [-0.2, -0.15) is 0 Å². The zero-order valence-corrected chi connectivity index (χ0v) is 11.9. The van der Waals surface area contributed by atoms with Gasteiger partial charge in [0, 0.05) is 23.5 Å². The SMILES string of the molecule is COc1ccc(Cl)cc1N1CCC(O)C(C)(C)C1. The summed E-state index contributed by atoms with van der Waals surface area (Å²) in [4.78, 5) is 2.23. The van der Waals surface area contributed by atoms with Gasteiger partial charge < -0.3 is 14.7 Å². The Kier molecular flexibility index (Phi) is 3.74. The fraction of sp³-hybridized carbons (Fsp3) is 0.571. The molecule has 1 saturated heterocycles. The highest BCUT2D eigenvalue weighted by molar-refractivity contribution is 6.30. The smallest absolute Gasteiger partial charge is 0.142 e. The third-order valence-electron chi connectivity index (χ3n) is 3.65. The number of methoxy groups -OCH3 is 1. The van der Waals surface area contributed by atoms with Crippen molar-refractivity contribution in [3.05, 3.63) is 23.2 Å². The first-order valence-electron chi connectivity index (χ1n) is 6.20. The second kappa shape index (κ2) is 4.98. The Labute approximate surface area is 113 Å². The van der Waals surface area contributed by atoms with Crippen LogP contribution in [0.15, 0.2) is 18.2 Å². The lowest BCUT2D eigenvalue weighted by molar-refractivity contribution is 0.0335. The molecule has 0 aliphatic carbocycles. The molecule has 18 heavy (non-hydrogen) atoms. The topological polar surface area (TPSA) is 32.7 Å². The average molecular weight is 270 g/mol. The van der Waals surface area contributed by atoms with Gasteiger partial charge in [-0.05, 0) is 24.6 Å². The second-order valence-corrected chi connectivity index (χ2v) is 5.97. The van der Waals surface area contributed by atoms with Gasteiger partial charge in [-0.3, -0.25) is 0 Å². The van der Waals surface area contributed by atoms with Crippen molar-refractivity contribution in [3.8, 4) is 5.75 Å². The standard InChI is InChI=1S/C14H20ClNO2/c1-14(2)9-16(7-6-13(14)17)11-8-10(15)4-5-12(11)18-3/h4-5,8,13,17H,6-7,9H2,1-3H3. The molecular formula is C14H20ClNO2. The van der Waals surface area contributed by atoms with Crippen LogP contribution in [0.2, 0.25) is 5.02 Å². The summed E-state index contributed by atoms with van der Waals surface area (Å²) in [6, 6.07) is 5.64. The Morgan fingerprint density at radius 3 is 2.78 bits per heavy atom. The maximum atomic E-state index is 10.00. The molecule has 1 heterocycles. The molecule has 0 saturated carbocycles. The van der Waals surface area contributed by atoms with Crippen LogP contribution in [0.5, 0.6) is 5.75 Å². The number of hydrogen-bond donors (Lipinski definition) is 1. The minimum atomic E-state index is -0.251. The van der Waals surface area contributed by atoms with Crippen molar-refractivity contribution in [1.82, 2.24) is 0 Å². The molecule has 0 aromatic heterocycles. The van der Waals surface area contributed by atoms with Crippen LogP contribution < -0.4 is 9.64 Å². The number of nitrogens with zero attached hydrogens (tertiary/aromatic N) is 1. The quantitative estimate of drug-likeness (QED) is 0.896. The van der Waals surface area contributed by atoms with Gasteiger partial charge in [0.2, 0.25) is 0 Å². The van der Waals surface area contributed by atoms with E-state index in [1.54, 1.807) is 7.11 Å². The molecule has 2 rings (SSSR count). The van der Waals surface area contributed by atoms with Gasteiger partial charge >= 0.3 is 0 Å². The van der Waals surface area contributed by atoms with E-state index in [2.05, 4.69) is 18.7 Å². The summed E-state index contributed by atoms with van der Waals surface area (Å²) in [6.45, 7) is 5.79. The first-order chi connectivity index (χ1) is 8.44. The Morgan fingerprint density at radius 1 is 1.44 bits per heavy atom. The minimum Gasteiger partial charge on any atom is -0.495 e. The Balaban J connectivity index is 2.29. The lowest BCUT2D eigenvalue weighted by Crippen LogP contribution is -2.48. The predicted molar refractivity (Wildman–Crippen MR) is 74.6 cm³/mol. The van der Waals surface area contributed by atoms with Crippen molar-refractivity contribution < 1.29 is 9.84 Å². The van der Waals surface area contributed by atoms with Gasteiger partial charge in [0.1, 0.15) is 5.75 Å². The molecular weight excluding hydrogens is 250 g/mol. The first kappa shape index (κ1) is 13.5. The van der Waals surface area contributed by atoms with E-state index in [1.807, 2.05) is 18.2 Å². The molecule has 0 amide bonds. The van der Waals surface area contributed by atoms with Crippen LogP contribution in [0.1, 0.15) is 20.3 Å². The minimum absolute atomic E-state index is 0.119. The number of aliphatic hydroxyl groups is 1. The number of benzene rings is 1. The van der Waals surface area contributed by atoms with E-state index in [4.69, 9.17) is 16.3 Å². The average Bonchev–Trinajstić information content (AvgIpc) is 2.32. The largest absolute Gasteiger partial charge is 0.495 e. The molecule has 100 valence electrons. The van der Waals surface area contributed by atoms with E-state index in [0.717, 1.165) is 30.9 Å². The number of anilines is 1. The lowest BCUT2D eigenvalue weighted by Gasteiger charge is -2.43. The van der Waals surface area contributed by atoms with Crippen LogP contribution in [0, 0.1) is 5.41 Å². The normalized spacial score (nSPS) is 22.9. The van der Waals surface area contributed by atoms with Gasteiger partial charge in [0.25, 0.3) is 0 Å². The molecule has 1 atom stereocenters. The van der Waals surface area contributed by atoms with Crippen LogP contribution >= 0.6 is 11.6 Å². The lowest BCUT2D eigenvalue weighted by atomic mass is 9.81. The highest BCUT2D eigenvalue weighted by Gasteiger charge is 2.35. The van der Waals surface area contributed by atoms with Crippen molar-refractivity contribution in [2.24, 2.45) is 5.41 Å². The van der Waals surface area contributed by atoms with E-state index in [-0.39, 0.29) is 11.5 Å². The Morgan fingerprint density at radius 2 is 2.17 bits per heavy atom. The van der Waals surface area contributed by atoms with Crippen molar-refractivity contribution in [1.29, 1.82) is 0 Å². The third-order valence-corrected chi connectivity index (χ3v) is 3.89. The fourth-order valence-corrected chi connectivity index (χ4v) is 2.63. The van der Waals surface area contributed by atoms with Crippen molar-refractivity contribution in [3.63, 3.8) is 0 Å². The predicted octanol–water partition coefficient (Wildman–Crippen LogP) is 2.95. The monoisotopic (exact) mass is 269 g/mol. The molecule has 4 heteroatoms. The maximum Gasteiger partial charge on any atom is 0.142 e. The Hall–Kier alpha value is -0.930. The molecule has 1 aromatic rings. The van der Waals surface area contributed by atoms with Crippen LogP contribution in [0.25, 0.3) is 0 Å². The molecule has 0 radical (unpaired) electrons. The summed E-state index contributed by atoms with van der Waals surface area (Å²) in [5.74, 6) is 0.826. The Bertz CT molecular complexity index is 434. The number of aliphatic hydroxyl groups excluding tert-OH is 1. The molecule has 1 fully saturated rings. The first-order valence-corrected chi connectivity index (χ1v) is 6.58. The van der Waals surface area contributed by atoms with Gasteiger partial charge in [-0.15, -0.1) is 0 Å². The number of hydrogen-bond acceptors (Lipinski definition) is 3. The molecule has 1 aliphatic rings. The zero-order chi connectivity index (χ0) is 13.3. The maximum absolute atomic E-state index is 10.00. The van der Waals surface area contributed by atoms with Gasteiger partial charge in [0.05, 0.1) is 18.9 Å². The third kappa shape index (κ3) is 2.57. The summed E-state index contributed by atoms with van der Waals surface area (Å²) in [5, 5.41) is 10.7. The van der Waals surface area contributed by atoms with E-state index < -0.39 is 0 Å². The second-order valence-electron chi connectivity index (χ2n) is 5.53. The summed E-state index contributed by atoms with van der Waals surface area (Å²) in [7, 11) is 1.66. The highest BCUT2D eigenvalue weighted by Crippen LogP contribution is 2.37. The van der Waals surface area contributed by atoms with E-state index >= 15 is 0 Å². The van der Waals surface area contributed by atoms with E-state index in [1.165, 1.54) is 0 Å². The number of piperidine rings is 1. The summed E-state index contributed by atoms with van der Waals surface area (Å²) < 4.78 is 5.39. The van der Waals surface area contributed by atoms with Crippen LogP contribution in [0.4, 0.5) is 5.69 Å². The molecule has 1 N–H and O–H groups in total. The summed E-state index contributed by atoms with van der Waals surface area (Å²) >= 11 is 6.06. The van der Waals surface area contributed by atoms with E-state index in [9.17, 15) is 5.11 Å². The number of halogens is 1. The number of rotatable bonds is 2. The highest BCUT2D eigenvalue weighted by atomic mass is 35.5. The van der Waals surface area contributed by atoms with Gasteiger partial charge in [-0.1, -0.05) is 25.4 Å². The van der Waals surface area contributed by atoms with Crippen molar-refractivity contribution in [2.75, 3.05) is 25.1 Å². The molecule has 1 unspecified atom stereocenters. The van der Waals surface area contributed by atoms with Crippen LogP contribution in [-0.4, -0.2) is 31.4 Å². The van der Waals surface area contributed by atoms with Crippen molar-refractivity contribution in [2.45, 2.75) is 26.4 Å². The fourth-order valence-electron chi connectivity index (χ4n) is 2.46. The van der Waals surface area contributed by atoms with Crippen LogP contribution in [0.3, 0.4) is 0 Å². The molecule has 3 nitrogen and oxygen atoms in total. The van der Waals surface area contributed by atoms with Gasteiger partial charge in [-0.25, -0.2) is 0 Å². The zero-order valence-electron chi connectivity index (χ0n) is 11.1. The number of ether oxygens (including phenoxy) is 1. The van der Waals surface area contributed by atoms with Crippen molar-refractivity contribution >= 4 is 17.3 Å². The summed E-state index contributed by atoms with van der Waals surface area (Å²) in [5.41, 5.74) is 0.885. The molecule has 1 aromatic carbocycles. The summed E-state index contributed by atoms with van der Waals surface area (Å²) in [6.07, 6.45) is 0.516. The molecule has 0 bridgehead atoms. The van der Waals surface area contributed by atoms with E-state index in [0.29, 0.717) is 5.02 Å². The van der Waals surface area contributed by atoms with Gasteiger partial charge in [0.15, 0.2) is 0 Å².